The Morgan fingerprint density at radius 1 is 0.920 bits per heavy atom. The molecule has 0 atom stereocenters. The molecule has 4 nitrogen and oxygen atoms in total. The van der Waals surface area contributed by atoms with Crippen molar-refractivity contribution in [1.29, 1.82) is 0 Å². The van der Waals surface area contributed by atoms with Crippen molar-refractivity contribution in [3.8, 4) is 0 Å². The lowest BCUT2D eigenvalue weighted by Crippen LogP contribution is -2.47. The smallest absolute Gasteiger partial charge is 0.236 e. The van der Waals surface area contributed by atoms with E-state index < -0.39 is 10.0 Å². The molecule has 1 saturated heterocycles. The summed E-state index contributed by atoms with van der Waals surface area (Å²) in [5.41, 5.74) is 2.07. The molecule has 0 N–H and O–H groups in total. The first-order chi connectivity index (χ1) is 12.0. The Bertz CT molecular complexity index is 812. The van der Waals surface area contributed by atoms with E-state index in [1.165, 1.54) is 11.0 Å². The van der Waals surface area contributed by atoms with Gasteiger partial charge in [0.2, 0.25) is 10.0 Å². The van der Waals surface area contributed by atoms with Crippen LogP contribution >= 0.6 is 11.6 Å². The van der Waals surface area contributed by atoms with Crippen LogP contribution in [0.4, 0.5) is 0 Å². The predicted molar refractivity (Wildman–Crippen MR) is 103 cm³/mol. The van der Waals surface area contributed by atoms with Crippen LogP contribution in [-0.2, 0) is 16.6 Å². The third-order valence-corrected chi connectivity index (χ3v) is 6.06. The Morgan fingerprint density at radius 3 is 2.20 bits per heavy atom. The molecule has 0 amide bonds. The van der Waals surface area contributed by atoms with E-state index in [1.54, 1.807) is 10.4 Å². The van der Waals surface area contributed by atoms with Crippen molar-refractivity contribution in [2.24, 2.45) is 0 Å². The van der Waals surface area contributed by atoms with Gasteiger partial charge in [-0.3, -0.25) is 4.90 Å². The fourth-order valence-corrected chi connectivity index (χ4v) is 4.10. The van der Waals surface area contributed by atoms with Crippen molar-refractivity contribution in [2.75, 3.05) is 26.2 Å². The maximum Gasteiger partial charge on any atom is 0.236 e. The molecule has 0 unspecified atom stereocenters. The van der Waals surface area contributed by atoms with Gasteiger partial charge in [-0.05, 0) is 29.3 Å². The average molecular weight is 377 g/mol. The normalized spacial score (nSPS) is 17.2. The second-order valence-corrected chi connectivity index (χ2v) is 8.31. The van der Waals surface area contributed by atoms with Crippen LogP contribution in [-0.4, -0.2) is 43.8 Å². The maximum absolute atomic E-state index is 12.5. The van der Waals surface area contributed by atoms with Crippen LogP contribution < -0.4 is 0 Å². The number of halogens is 1. The van der Waals surface area contributed by atoms with E-state index in [4.69, 9.17) is 11.6 Å². The lowest BCUT2D eigenvalue weighted by Gasteiger charge is -2.33. The number of piperazine rings is 1. The zero-order valence-electron chi connectivity index (χ0n) is 13.9. The zero-order valence-corrected chi connectivity index (χ0v) is 15.5. The topological polar surface area (TPSA) is 40.6 Å². The van der Waals surface area contributed by atoms with Crippen molar-refractivity contribution < 1.29 is 8.42 Å². The van der Waals surface area contributed by atoms with Crippen LogP contribution in [0.2, 0.25) is 5.02 Å². The Kier molecular flexibility index (Phi) is 5.91. The molecule has 1 fully saturated rings. The number of hydrogen-bond donors (Lipinski definition) is 0. The molecule has 0 spiro atoms. The van der Waals surface area contributed by atoms with Gasteiger partial charge in [-0.25, -0.2) is 8.42 Å². The third kappa shape index (κ3) is 5.16. The minimum Gasteiger partial charge on any atom is -0.296 e. The minimum atomic E-state index is -3.37. The number of hydrogen-bond acceptors (Lipinski definition) is 3. The molecule has 0 radical (unpaired) electrons. The monoisotopic (exact) mass is 376 g/mol. The Balaban J connectivity index is 1.56. The lowest BCUT2D eigenvalue weighted by atomic mass is 10.2. The van der Waals surface area contributed by atoms with Gasteiger partial charge >= 0.3 is 0 Å². The highest BCUT2D eigenvalue weighted by Gasteiger charge is 2.24. The number of benzene rings is 2. The molecule has 0 bridgehead atoms. The van der Waals surface area contributed by atoms with Crippen molar-refractivity contribution in [3.05, 3.63) is 76.2 Å². The molecule has 2 aromatic rings. The van der Waals surface area contributed by atoms with E-state index in [2.05, 4.69) is 4.90 Å². The highest BCUT2D eigenvalue weighted by molar-refractivity contribution is 7.92. The molecule has 0 aliphatic carbocycles. The van der Waals surface area contributed by atoms with Crippen LogP contribution in [0, 0.1) is 0 Å². The van der Waals surface area contributed by atoms with E-state index in [9.17, 15) is 8.42 Å². The fraction of sp³-hybridized carbons (Fsp3) is 0.263. The van der Waals surface area contributed by atoms with Gasteiger partial charge in [-0.2, -0.15) is 4.31 Å². The van der Waals surface area contributed by atoms with Gasteiger partial charge in [0.05, 0.1) is 0 Å². The van der Waals surface area contributed by atoms with Gasteiger partial charge < -0.3 is 0 Å². The first kappa shape index (κ1) is 18.1. The van der Waals surface area contributed by atoms with E-state index in [0.717, 1.165) is 30.2 Å². The van der Waals surface area contributed by atoms with Crippen molar-refractivity contribution in [3.63, 3.8) is 0 Å². The van der Waals surface area contributed by atoms with Crippen LogP contribution in [0.5, 0.6) is 0 Å². The maximum atomic E-state index is 12.5. The van der Waals surface area contributed by atoms with E-state index in [-0.39, 0.29) is 0 Å². The summed E-state index contributed by atoms with van der Waals surface area (Å²) >= 11 is 5.90. The van der Waals surface area contributed by atoms with Gasteiger partial charge in [-0.1, -0.05) is 54.1 Å². The Morgan fingerprint density at radius 2 is 1.56 bits per heavy atom. The first-order valence-electron chi connectivity index (χ1n) is 8.23. The van der Waals surface area contributed by atoms with Gasteiger partial charge in [-0.15, -0.1) is 0 Å². The molecule has 1 heterocycles. The second-order valence-electron chi connectivity index (χ2n) is 6.06. The molecule has 0 aromatic heterocycles. The molecule has 1 aliphatic heterocycles. The predicted octanol–water partition coefficient (Wildman–Crippen LogP) is 3.46. The summed E-state index contributed by atoms with van der Waals surface area (Å²) in [4.78, 5) is 2.26. The van der Waals surface area contributed by atoms with Crippen LogP contribution in [0.25, 0.3) is 6.08 Å². The molecule has 6 heteroatoms. The fourth-order valence-electron chi connectivity index (χ4n) is 2.80. The van der Waals surface area contributed by atoms with Crippen LogP contribution in [0.3, 0.4) is 0 Å². The SMILES string of the molecule is O=S(=O)(C=Cc1ccccc1)N1CCN(Cc2ccc(Cl)cc2)CC1. The van der Waals surface area contributed by atoms with Gasteiger partial charge in [0.1, 0.15) is 0 Å². The number of rotatable bonds is 5. The Labute approximate surface area is 154 Å². The highest BCUT2D eigenvalue weighted by atomic mass is 35.5. The van der Waals surface area contributed by atoms with E-state index in [1.807, 2.05) is 54.6 Å². The van der Waals surface area contributed by atoms with Crippen molar-refractivity contribution in [2.45, 2.75) is 6.54 Å². The summed E-state index contributed by atoms with van der Waals surface area (Å²) < 4.78 is 26.5. The average Bonchev–Trinajstić information content (AvgIpc) is 2.63. The molecular formula is C19H21ClN2O2S. The first-order valence-corrected chi connectivity index (χ1v) is 10.1. The van der Waals surface area contributed by atoms with Gasteiger partial charge in [0, 0.05) is 43.2 Å². The Hall–Kier alpha value is -1.66. The molecular weight excluding hydrogens is 356 g/mol. The second kappa shape index (κ2) is 8.15. The summed E-state index contributed by atoms with van der Waals surface area (Å²) in [6.07, 6.45) is 1.65. The third-order valence-electron chi connectivity index (χ3n) is 4.24. The molecule has 132 valence electrons. The number of sulfonamides is 1. The summed E-state index contributed by atoms with van der Waals surface area (Å²) in [6.45, 7) is 3.27. The molecule has 25 heavy (non-hydrogen) atoms. The van der Waals surface area contributed by atoms with Crippen LogP contribution in [0.1, 0.15) is 11.1 Å². The summed E-state index contributed by atoms with van der Waals surface area (Å²) in [5, 5.41) is 2.03. The quantitative estimate of drug-likeness (QED) is 0.802. The molecule has 0 saturated carbocycles. The minimum absolute atomic E-state index is 0.509. The molecule has 2 aromatic carbocycles. The molecule has 1 aliphatic rings. The number of nitrogens with zero attached hydrogens (tertiary/aromatic N) is 2. The largest absolute Gasteiger partial charge is 0.296 e. The summed E-state index contributed by atoms with van der Waals surface area (Å²) in [6, 6.07) is 17.2. The zero-order chi connectivity index (χ0) is 17.7. The van der Waals surface area contributed by atoms with Gasteiger partial charge in [0.15, 0.2) is 0 Å². The lowest BCUT2D eigenvalue weighted by molar-refractivity contribution is 0.182. The van der Waals surface area contributed by atoms with Gasteiger partial charge in [0.25, 0.3) is 0 Å². The molecule has 3 rings (SSSR count). The van der Waals surface area contributed by atoms with Crippen molar-refractivity contribution >= 4 is 27.7 Å². The van der Waals surface area contributed by atoms with E-state index in [0.29, 0.717) is 13.1 Å². The highest BCUT2D eigenvalue weighted by Crippen LogP contribution is 2.15. The van der Waals surface area contributed by atoms with E-state index >= 15 is 0 Å². The standard InChI is InChI=1S/C19H21ClN2O2S/c20-19-8-6-18(7-9-19)16-21-11-13-22(14-12-21)25(23,24)15-10-17-4-2-1-3-5-17/h1-10,15H,11-14,16H2. The summed E-state index contributed by atoms with van der Waals surface area (Å²) in [7, 11) is -3.37. The van der Waals surface area contributed by atoms with Crippen LogP contribution in [0.15, 0.2) is 60.0 Å². The van der Waals surface area contributed by atoms with Crippen molar-refractivity contribution in [1.82, 2.24) is 9.21 Å². The summed E-state index contributed by atoms with van der Waals surface area (Å²) in [5.74, 6) is 0.